The Morgan fingerprint density at radius 1 is 1.41 bits per heavy atom. The summed E-state index contributed by atoms with van der Waals surface area (Å²) < 4.78 is 0. The molecular formula is C12H17N3O2. The molecule has 0 aliphatic heterocycles. The highest BCUT2D eigenvalue weighted by atomic mass is 16.4. The van der Waals surface area contributed by atoms with Crippen molar-refractivity contribution in [3.63, 3.8) is 0 Å². The van der Waals surface area contributed by atoms with E-state index in [4.69, 9.17) is 5.11 Å². The van der Waals surface area contributed by atoms with Crippen LogP contribution in [0.25, 0.3) is 0 Å². The van der Waals surface area contributed by atoms with Gasteiger partial charge in [-0.2, -0.15) is 0 Å². The second kappa shape index (κ2) is 4.69. The number of carbonyl (C=O) groups is 1. The first kappa shape index (κ1) is 11.8. The zero-order chi connectivity index (χ0) is 12.4. The highest BCUT2D eigenvalue weighted by molar-refractivity contribution is 5.72. The van der Waals surface area contributed by atoms with Gasteiger partial charge < -0.3 is 10.0 Å². The van der Waals surface area contributed by atoms with Crippen LogP contribution >= 0.6 is 0 Å². The van der Waals surface area contributed by atoms with Gasteiger partial charge in [0.15, 0.2) is 0 Å². The third-order valence-corrected chi connectivity index (χ3v) is 2.75. The van der Waals surface area contributed by atoms with Gasteiger partial charge in [0, 0.05) is 17.9 Å². The molecule has 0 amide bonds. The average molecular weight is 235 g/mol. The molecule has 5 nitrogen and oxygen atoms in total. The van der Waals surface area contributed by atoms with Gasteiger partial charge in [0.2, 0.25) is 5.95 Å². The van der Waals surface area contributed by atoms with Crippen molar-refractivity contribution < 1.29 is 9.90 Å². The van der Waals surface area contributed by atoms with Crippen molar-refractivity contribution in [1.82, 2.24) is 9.97 Å². The Bertz CT molecular complexity index is 410. The molecule has 1 aromatic rings. The fourth-order valence-electron chi connectivity index (χ4n) is 1.84. The first-order chi connectivity index (χ1) is 8.04. The topological polar surface area (TPSA) is 66.3 Å². The third kappa shape index (κ3) is 3.41. The Labute approximate surface area is 100 Å². The largest absolute Gasteiger partial charge is 0.480 e. The summed E-state index contributed by atoms with van der Waals surface area (Å²) in [6.45, 7) is 4.51. The summed E-state index contributed by atoms with van der Waals surface area (Å²) in [6.07, 6.45) is 2.36. The molecule has 92 valence electrons. The van der Waals surface area contributed by atoms with Crippen LogP contribution in [0, 0.1) is 19.8 Å². The molecule has 0 saturated heterocycles. The molecule has 0 unspecified atom stereocenters. The number of aromatic nitrogens is 2. The SMILES string of the molecule is Cc1cc(C)nc(N(CC(=O)O)CC2CC2)n1. The van der Waals surface area contributed by atoms with Crippen molar-refractivity contribution in [2.75, 3.05) is 18.0 Å². The molecule has 0 bridgehead atoms. The van der Waals surface area contributed by atoms with Crippen molar-refractivity contribution in [2.24, 2.45) is 5.92 Å². The Balaban J connectivity index is 2.19. The van der Waals surface area contributed by atoms with Crippen LogP contribution in [0.4, 0.5) is 5.95 Å². The summed E-state index contributed by atoms with van der Waals surface area (Å²) in [5.74, 6) is 0.309. The van der Waals surface area contributed by atoms with Gasteiger partial charge in [-0.15, -0.1) is 0 Å². The van der Waals surface area contributed by atoms with Crippen molar-refractivity contribution in [1.29, 1.82) is 0 Å². The summed E-state index contributed by atoms with van der Waals surface area (Å²) in [6, 6.07) is 1.89. The monoisotopic (exact) mass is 235 g/mol. The molecular weight excluding hydrogens is 218 g/mol. The summed E-state index contributed by atoms with van der Waals surface area (Å²) in [5.41, 5.74) is 1.75. The summed E-state index contributed by atoms with van der Waals surface area (Å²) >= 11 is 0. The maximum Gasteiger partial charge on any atom is 0.323 e. The van der Waals surface area contributed by atoms with Crippen molar-refractivity contribution in [3.05, 3.63) is 17.5 Å². The number of nitrogens with zero attached hydrogens (tertiary/aromatic N) is 3. The molecule has 0 atom stereocenters. The quantitative estimate of drug-likeness (QED) is 0.835. The average Bonchev–Trinajstić information content (AvgIpc) is 2.98. The lowest BCUT2D eigenvalue weighted by Gasteiger charge is -2.20. The molecule has 5 heteroatoms. The zero-order valence-electron chi connectivity index (χ0n) is 10.2. The molecule has 1 aliphatic carbocycles. The van der Waals surface area contributed by atoms with Crippen LogP contribution in [-0.4, -0.2) is 34.1 Å². The fraction of sp³-hybridized carbons (Fsp3) is 0.583. The molecule has 1 N–H and O–H groups in total. The number of carboxylic acids is 1. The number of hydrogen-bond donors (Lipinski definition) is 1. The zero-order valence-corrected chi connectivity index (χ0v) is 10.2. The van der Waals surface area contributed by atoms with Crippen LogP contribution in [0.15, 0.2) is 6.07 Å². The number of rotatable bonds is 5. The van der Waals surface area contributed by atoms with Crippen LogP contribution in [0.1, 0.15) is 24.2 Å². The van der Waals surface area contributed by atoms with Crippen LogP contribution in [-0.2, 0) is 4.79 Å². The summed E-state index contributed by atoms with van der Waals surface area (Å²) in [5, 5.41) is 8.92. The first-order valence-electron chi connectivity index (χ1n) is 5.83. The maximum atomic E-state index is 10.9. The second-order valence-corrected chi connectivity index (χ2v) is 4.67. The number of aryl methyl sites for hydroxylation is 2. The highest BCUT2D eigenvalue weighted by Gasteiger charge is 2.26. The van der Waals surface area contributed by atoms with Gasteiger partial charge in [-0.25, -0.2) is 9.97 Å². The van der Waals surface area contributed by atoms with Crippen molar-refractivity contribution in [2.45, 2.75) is 26.7 Å². The number of hydrogen-bond acceptors (Lipinski definition) is 4. The van der Waals surface area contributed by atoms with Gasteiger partial charge in [-0.1, -0.05) is 0 Å². The molecule has 17 heavy (non-hydrogen) atoms. The predicted octanol–water partition coefficient (Wildman–Crippen LogP) is 1.39. The van der Waals surface area contributed by atoms with E-state index >= 15 is 0 Å². The Morgan fingerprint density at radius 2 is 2.00 bits per heavy atom. The minimum atomic E-state index is -0.839. The minimum absolute atomic E-state index is 0.0284. The smallest absolute Gasteiger partial charge is 0.323 e. The van der Waals surface area contributed by atoms with Crippen molar-refractivity contribution >= 4 is 11.9 Å². The summed E-state index contributed by atoms with van der Waals surface area (Å²) in [4.78, 5) is 21.3. The van der Waals surface area contributed by atoms with Gasteiger partial charge in [0.1, 0.15) is 6.54 Å². The van der Waals surface area contributed by atoms with E-state index in [-0.39, 0.29) is 6.54 Å². The van der Waals surface area contributed by atoms with Crippen molar-refractivity contribution in [3.8, 4) is 0 Å². The molecule has 1 heterocycles. The fourth-order valence-corrected chi connectivity index (χ4v) is 1.84. The molecule has 1 saturated carbocycles. The molecule has 1 aromatic heterocycles. The Hall–Kier alpha value is -1.65. The number of aliphatic carboxylic acids is 1. The first-order valence-corrected chi connectivity index (χ1v) is 5.83. The lowest BCUT2D eigenvalue weighted by Crippen LogP contribution is -2.33. The predicted molar refractivity (Wildman–Crippen MR) is 64.1 cm³/mol. The van der Waals surface area contributed by atoms with Crippen LogP contribution in [0.5, 0.6) is 0 Å². The van der Waals surface area contributed by atoms with E-state index < -0.39 is 5.97 Å². The number of anilines is 1. The normalized spacial score (nSPS) is 14.7. The van der Waals surface area contributed by atoms with Crippen LogP contribution in [0.3, 0.4) is 0 Å². The molecule has 0 radical (unpaired) electrons. The number of carboxylic acid groups (broad SMARTS) is 1. The minimum Gasteiger partial charge on any atom is -0.480 e. The van der Waals surface area contributed by atoms with Gasteiger partial charge in [0.25, 0.3) is 0 Å². The maximum absolute atomic E-state index is 10.9. The van der Waals surface area contributed by atoms with E-state index in [1.165, 1.54) is 12.8 Å². The molecule has 2 rings (SSSR count). The van der Waals surface area contributed by atoms with Crippen LogP contribution in [0.2, 0.25) is 0 Å². The molecule has 1 aliphatic rings. The second-order valence-electron chi connectivity index (χ2n) is 4.67. The van der Waals surface area contributed by atoms with E-state index in [1.54, 1.807) is 4.90 Å². The third-order valence-electron chi connectivity index (χ3n) is 2.75. The van der Waals surface area contributed by atoms with E-state index in [2.05, 4.69) is 9.97 Å². The molecule has 0 aromatic carbocycles. The summed E-state index contributed by atoms with van der Waals surface area (Å²) in [7, 11) is 0. The molecule has 0 spiro atoms. The van der Waals surface area contributed by atoms with Gasteiger partial charge in [0.05, 0.1) is 0 Å². The Morgan fingerprint density at radius 3 is 2.47 bits per heavy atom. The van der Waals surface area contributed by atoms with E-state index in [9.17, 15) is 4.79 Å². The standard InChI is InChI=1S/C12H17N3O2/c1-8-5-9(2)14-12(13-8)15(7-11(16)17)6-10-3-4-10/h5,10H,3-4,6-7H2,1-2H3,(H,16,17). The lowest BCUT2D eigenvalue weighted by atomic mass is 10.3. The molecule has 1 fully saturated rings. The lowest BCUT2D eigenvalue weighted by molar-refractivity contribution is -0.135. The van der Waals surface area contributed by atoms with E-state index in [1.807, 2.05) is 19.9 Å². The Kier molecular flexibility index (Phi) is 3.26. The van der Waals surface area contributed by atoms with Crippen LogP contribution < -0.4 is 4.90 Å². The highest BCUT2D eigenvalue weighted by Crippen LogP contribution is 2.30. The van der Waals surface area contributed by atoms with Gasteiger partial charge >= 0.3 is 5.97 Å². The van der Waals surface area contributed by atoms with Gasteiger partial charge in [-0.05, 0) is 38.7 Å². The van der Waals surface area contributed by atoms with E-state index in [0.29, 0.717) is 11.9 Å². The van der Waals surface area contributed by atoms with E-state index in [0.717, 1.165) is 17.9 Å². The van der Waals surface area contributed by atoms with Gasteiger partial charge in [-0.3, -0.25) is 4.79 Å².